The third-order valence-electron chi connectivity index (χ3n) is 2.66. The van der Waals surface area contributed by atoms with Gasteiger partial charge in [0.25, 0.3) is 5.91 Å². The van der Waals surface area contributed by atoms with Gasteiger partial charge in [-0.2, -0.15) is 0 Å². The number of carbonyl (C=O) groups excluding carboxylic acids is 3. The number of amides is 4. The predicted molar refractivity (Wildman–Crippen MR) is 63.6 cm³/mol. The summed E-state index contributed by atoms with van der Waals surface area (Å²) in [7, 11) is 0. The minimum Gasteiger partial charge on any atom is -0.275 e. The van der Waals surface area contributed by atoms with Crippen LogP contribution in [-0.2, 0) is 4.79 Å². The van der Waals surface area contributed by atoms with Crippen molar-refractivity contribution in [3.05, 3.63) is 34.9 Å². The molecule has 0 unspecified atom stereocenters. The highest BCUT2D eigenvalue weighted by atomic mass is 16.2. The van der Waals surface area contributed by atoms with Gasteiger partial charge in [0.2, 0.25) is 5.91 Å². The lowest BCUT2D eigenvalue weighted by molar-refractivity contribution is -0.118. The molecule has 6 heteroatoms. The van der Waals surface area contributed by atoms with Crippen molar-refractivity contribution < 1.29 is 14.4 Å². The fraction of sp³-hybridized carbons (Fsp3) is 0.250. The van der Waals surface area contributed by atoms with E-state index in [9.17, 15) is 14.4 Å². The van der Waals surface area contributed by atoms with Crippen molar-refractivity contribution in [2.45, 2.75) is 13.8 Å². The van der Waals surface area contributed by atoms with Gasteiger partial charge in [-0.1, -0.05) is 17.7 Å². The number of nitrogens with zero attached hydrogens (tertiary/aromatic N) is 1. The summed E-state index contributed by atoms with van der Waals surface area (Å²) < 4.78 is 0. The van der Waals surface area contributed by atoms with E-state index in [1.165, 1.54) is 0 Å². The normalized spacial score (nSPS) is 14.7. The number of hydrogen-bond donors (Lipinski definition) is 2. The van der Waals surface area contributed by atoms with Crippen molar-refractivity contribution in [2.24, 2.45) is 0 Å². The molecule has 1 heterocycles. The van der Waals surface area contributed by atoms with Gasteiger partial charge in [0.15, 0.2) is 0 Å². The Morgan fingerprint density at radius 3 is 2.61 bits per heavy atom. The van der Waals surface area contributed by atoms with Crippen LogP contribution in [0.3, 0.4) is 0 Å². The van der Waals surface area contributed by atoms with E-state index in [2.05, 4.69) is 10.7 Å². The Morgan fingerprint density at radius 1 is 1.33 bits per heavy atom. The lowest BCUT2D eigenvalue weighted by atomic mass is 10.1. The van der Waals surface area contributed by atoms with Crippen molar-refractivity contribution in [1.82, 2.24) is 15.8 Å². The Balaban J connectivity index is 2.13. The zero-order valence-electron chi connectivity index (χ0n) is 10.1. The van der Waals surface area contributed by atoms with Crippen LogP contribution in [0.1, 0.15) is 21.5 Å². The standard InChI is InChI=1S/C12H13N3O3/c1-7-3-4-9(8(2)5-7)11(17)14-15-6-10(16)13-12(15)18/h3-5H,6H2,1-2H3,(H,14,17)(H,13,16,18). The predicted octanol–water partition coefficient (Wildman–Crippen LogP) is 0.500. The average molecular weight is 247 g/mol. The molecule has 18 heavy (non-hydrogen) atoms. The van der Waals surface area contributed by atoms with E-state index in [1.807, 2.05) is 26.0 Å². The van der Waals surface area contributed by atoms with Gasteiger partial charge >= 0.3 is 6.03 Å². The van der Waals surface area contributed by atoms with Crippen molar-refractivity contribution in [3.8, 4) is 0 Å². The fourth-order valence-corrected chi connectivity index (χ4v) is 1.78. The number of hydrogen-bond acceptors (Lipinski definition) is 3. The van der Waals surface area contributed by atoms with Crippen molar-refractivity contribution in [3.63, 3.8) is 0 Å². The minimum atomic E-state index is -0.613. The molecule has 2 N–H and O–H groups in total. The molecular formula is C12H13N3O3. The number of rotatable bonds is 2. The summed E-state index contributed by atoms with van der Waals surface area (Å²) in [6.45, 7) is 3.59. The zero-order valence-corrected chi connectivity index (χ0v) is 10.1. The third kappa shape index (κ3) is 2.32. The first-order chi connectivity index (χ1) is 8.47. The zero-order chi connectivity index (χ0) is 13.3. The van der Waals surface area contributed by atoms with E-state index >= 15 is 0 Å². The van der Waals surface area contributed by atoms with Gasteiger partial charge < -0.3 is 0 Å². The minimum absolute atomic E-state index is 0.157. The van der Waals surface area contributed by atoms with E-state index in [0.29, 0.717) is 5.56 Å². The lowest BCUT2D eigenvalue weighted by Crippen LogP contribution is -2.44. The molecule has 94 valence electrons. The molecular weight excluding hydrogens is 234 g/mol. The molecule has 1 aliphatic heterocycles. The third-order valence-corrected chi connectivity index (χ3v) is 2.66. The van der Waals surface area contributed by atoms with Gasteiger partial charge in [-0.25, -0.2) is 9.80 Å². The smallest absolute Gasteiger partial charge is 0.275 e. The number of imide groups is 1. The molecule has 0 aromatic heterocycles. The second-order valence-electron chi connectivity index (χ2n) is 4.20. The van der Waals surface area contributed by atoms with Gasteiger partial charge in [0, 0.05) is 5.56 Å². The van der Waals surface area contributed by atoms with Crippen LogP contribution < -0.4 is 10.7 Å². The van der Waals surface area contributed by atoms with Crippen molar-refractivity contribution in [1.29, 1.82) is 0 Å². The molecule has 0 radical (unpaired) electrons. The Kier molecular flexibility index (Phi) is 3.01. The molecule has 1 aliphatic rings. The molecule has 1 fully saturated rings. The molecule has 6 nitrogen and oxygen atoms in total. The summed E-state index contributed by atoms with van der Waals surface area (Å²) in [6.07, 6.45) is 0. The topological polar surface area (TPSA) is 78.5 Å². The second kappa shape index (κ2) is 4.48. The number of aryl methyl sites for hydroxylation is 2. The highest BCUT2D eigenvalue weighted by Crippen LogP contribution is 2.10. The summed E-state index contributed by atoms with van der Waals surface area (Å²) in [5, 5.41) is 3.04. The van der Waals surface area contributed by atoms with Crippen molar-refractivity contribution >= 4 is 17.8 Å². The second-order valence-corrected chi connectivity index (χ2v) is 4.20. The first-order valence-electron chi connectivity index (χ1n) is 5.47. The van der Waals surface area contributed by atoms with Gasteiger partial charge in [-0.05, 0) is 25.5 Å². The first-order valence-corrected chi connectivity index (χ1v) is 5.47. The molecule has 1 aromatic rings. The highest BCUT2D eigenvalue weighted by Gasteiger charge is 2.28. The van der Waals surface area contributed by atoms with Crippen LogP contribution in [-0.4, -0.2) is 29.4 Å². The average Bonchev–Trinajstić information content (AvgIpc) is 2.57. The monoisotopic (exact) mass is 247 g/mol. The maximum absolute atomic E-state index is 11.9. The maximum atomic E-state index is 11.9. The number of benzene rings is 1. The number of carbonyl (C=O) groups is 3. The molecule has 0 bridgehead atoms. The van der Waals surface area contributed by atoms with Crippen LogP contribution in [0.4, 0.5) is 4.79 Å². The summed E-state index contributed by atoms with van der Waals surface area (Å²) in [6, 6.07) is 4.77. The SMILES string of the molecule is Cc1ccc(C(=O)NN2CC(=O)NC2=O)c(C)c1. The number of nitrogens with one attached hydrogen (secondary N) is 2. The summed E-state index contributed by atoms with van der Waals surface area (Å²) in [5.74, 6) is -0.835. The van der Waals surface area contributed by atoms with Gasteiger partial charge in [0.05, 0.1) is 0 Å². The summed E-state index contributed by atoms with van der Waals surface area (Å²) in [4.78, 5) is 34.2. The quantitative estimate of drug-likeness (QED) is 0.747. The summed E-state index contributed by atoms with van der Waals surface area (Å²) in [5.41, 5.74) is 4.75. The van der Waals surface area contributed by atoms with Gasteiger partial charge in [-0.3, -0.25) is 20.3 Å². The molecule has 1 saturated heterocycles. The molecule has 2 rings (SSSR count). The van der Waals surface area contributed by atoms with E-state index in [-0.39, 0.29) is 6.54 Å². The Morgan fingerprint density at radius 2 is 2.06 bits per heavy atom. The van der Waals surface area contributed by atoms with Crippen LogP contribution in [0.5, 0.6) is 0 Å². The van der Waals surface area contributed by atoms with Crippen LogP contribution in [0.15, 0.2) is 18.2 Å². The number of urea groups is 1. The van der Waals surface area contributed by atoms with E-state index in [1.54, 1.807) is 6.07 Å². The molecule has 0 saturated carbocycles. The van der Waals surface area contributed by atoms with E-state index in [0.717, 1.165) is 16.1 Å². The lowest BCUT2D eigenvalue weighted by Gasteiger charge is -2.15. The van der Waals surface area contributed by atoms with Crippen LogP contribution in [0.25, 0.3) is 0 Å². The maximum Gasteiger partial charge on any atom is 0.343 e. The van der Waals surface area contributed by atoms with Crippen LogP contribution in [0, 0.1) is 13.8 Å². The fourth-order valence-electron chi connectivity index (χ4n) is 1.78. The van der Waals surface area contributed by atoms with Crippen LogP contribution >= 0.6 is 0 Å². The van der Waals surface area contributed by atoms with Crippen LogP contribution in [0.2, 0.25) is 0 Å². The Hall–Kier alpha value is -2.37. The van der Waals surface area contributed by atoms with Gasteiger partial charge in [-0.15, -0.1) is 0 Å². The first kappa shape index (κ1) is 12.1. The molecule has 1 aromatic carbocycles. The number of hydrazine groups is 1. The molecule has 0 aliphatic carbocycles. The molecule has 0 atom stereocenters. The van der Waals surface area contributed by atoms with E-state index in [4.69, 9.17) is 0 Å². The van der Waals surface area contributed by atoms with Crippen molar-refractivity contribution in [2.75, 3.05) is 6.54 Å². The largest absolute Gasteiger partial charge is 0.343 e. The summed E-state index contributed by atoms with van der Waals surface area (Å²) >= 11 is 0. The highest BCUT2D eigenvalue weighted by molar-refractivity contribution is 6.04. The Bertz CT molecular complexity index is 539. The van der Waals surface area contributed by atoms with E-state index < -0.39 is 17.8 Å². The molecule has 0 spiro atoms. The van der Waals surface area contributed by atoms with Gasteiger partial charge in [0.1, 0.15) is 6.54 Å². The Labute approximate surface area is 104 Å². The molecule has 4 amide bonds.